The van der Waals surface area contributed by atoms with Gasteiger partial charge in [-0.3, -0.25) is 4.79 Å². The van der Waals surface area contributed by atoms with E-state index in [1.807, 2.05) is 26.0 Å². The standard InChI is InChI=1S/C17H18ClNO/c1-11-8-12(2)16(13(3)9-11)19-17(20)15-6-4-14(10-18)5-7-15/h4-9H,10H2,1-3H3,(H,19,20). The van der Waals surface area contributed by atoms with Gasteiger partial charge in [0.2, 0.25) is 0 Å². The van der Waals surface area contributed by atoms with E-state index >= 15 is 0 Å². The summed E-state index contributed by atoms with van der Waals surface area (Å²) in [6.45, 7) is 6.06. The topological polar surface area (TPSA) is 29.1 Å². The van der Waals surface area contributed by atoms with Gasteiger partial charge in [0.05, 0.1) is 0 Å². The first-order valence-electron chi connectivity index (χ1n) is 6.55. The number of anilines is 1. The number of amides is 1. The summed E-state index contributed by atoms with van der Waals surface area (Å²) in [6.07, 6.45) is 0. The second-order valence-electron chi connectivity index (χ2n) is 5.06. The smallest absolute Gasteiger partial charge is 0.255 e. The molecule has 0 spiro atoms. The Morgan fingerprint density at radius 1 is 1.05 bits per heavy atom. The molecule has 0 fully saturated rings. The van der Waals surface area contributed by atoms with Crippen LogP contribution in [0.15, 0.2) is 36.4 Å². The molecule has 3 heteroatoms. The highest BCUT2D eigenvalue weighted by atomic mass is 35.5. The Morgan fingerprint density at radius 2 is 1.60 bits per heavy atom. The Balaban J connectivity index is 2.23. The Kier molecular flexibility index (Phi) is 4.46. The Hall–Kier alpha value is -1.80. The number of nitrogens with one attached hydrogen (secondary N) is 1. The number of benzene rings is 2. The molecule has 2 aromatic carbocycles. The van der Waals surface area contributed by atoms with Gasteiger partial charge < -0.3 is 5.32 Å². The molecular weight excluding hydrogens is 270 g/mol. The summed E-state index contributed by atoms with van der Waals surface area (Å²) in [5, 5.41) is 2.99. The normalized spacial score (nSPS) is 10.4. The quantitative estimate of drug-likeness (QED) is 0.821. The number of carbonyl (C=O) groups is 1. The first kappa shape index (κ1) is 14.6. The van der Waals surface area contributed by atoms with Crippen LogP contribution in [-0.2, 0) is 5.88 Å². The Labute approximate surface area is 124 Å². The Morgan fingerprint density at radius 3 is 2.10 bits per heavy atom. The van der Waals surface area contributed by atoms with Crippen molar-refractivity contribution in [2.45, 2.75) is 26.7 Å². The van der Waals surface area contributed by atoms with Gasteiger partial charge in [0, 0.05) is 17.1 Å². The van der Waals surface area contributed by atoms with Crippen molar-refractivity contribution >= 4 is 23.2 Å². The second-order valence-corrected chi connectivity index (χ2v) is 5.33. The highest BCUT2D eigenvalue weighted by Gasteiger charge is 2.10. The van der Waals surface area contributed by atoms with Gasteiger partial charge >= 0.3 is 0 Å². The number of hydrogen-bond acceptors (Lipinski definition) is 1. The van der Waals surface area contributed by atoms with E-state index in [4.69, 9.17) is 11.6 Å². The third-order valence-corrected chi connectivity index (χ3v) is 3.59. The van der Waals surface area contributed by atoms with E-state index in [0.717, 1.165) is 22.4 Å². The van der Waals surface area contributed by atoms with Crippen LogP contribution in [0, 0.1) is 20.8 Å². The van der Waals surface area contributed by atoms with Crippen molar-refractivity contribution in [2.24, 2.45) is 0 Å². The number of aryl methyl sites for hydroxylation is 3. The Bertz CT molecular complexity index is 609. The highest BCUT2D eigenvalue weighted by Crippen LogP contribution is 2.22. The van der Waals surface area contributed by atoms with Gasteiger partial charge in [-0.05, 0) is 49.6 Å². The average molecular weight is 288 g/mol. The first-order valence-corrected chi connectivity index (χ1v) is 7.09. The van der Waals surface area contributed by atoms with Crippen LogP contribution in [0.1, 0.15) is 32.6 Å². The first-order chi connectivity index (χ1) is 9.51. The molecule has 2 nitrogen and oxygen atoms in total. The zero-order chi connectivity index (χ0) is 14.7. The molecular formula is C17H18ClNO. The predicted molar refractivity (Wildman–Crippen MR) is 84.6 cm³/mol. The van der Waals surface area contributed by atoms with Crippen LogP contribution in [0.4, 0.5) is 5.69 Å². The molecule has 2 rings (SSSR count). The summed E-state index contributed by atoms with van der Waals surface area (Å²) in [4.78, 5) is 12.3. The molecule has 0 aliphatic heterocycles. The molecule has 1 N–H and O–H groups in total. The molecule has 20 heavy (non-hydrogen) atoms. The molecule has 0 unspecified atom stereocenters. The predicted octanol–water partition coefficient (Wildman–Crippen LogP) is 4.60. The largest absolute Gasteiger partial charge is 0.322 e. The highest BCUT2D eigenvalue weighted by molar-refractivity contribution is 6.17. The van der Waals surface area contributed by atoms with Crippen molar-refractivity contribution in [1.29, 1.82) is 0 Å². The van der Waals surface area contributed by atoms with Gasteiger partial charge in [0.1, 0.15) is 0 Å². The molecule has 0 aliphatic carbocycles. The zero-order valence-corrected chi connectivity index (χ0v) is 12.7. The van der Waals surface area contributed by atoms with Crippen molar-refractivity contribution in [1.82, 2.24) is 0 Å². The fourth-order valence-corrected chi connectivity index (χ4v) is 2.49. The van der Waals surface area contributed by atoms with Gasteiger partial charge in [-0.1, -0.05) is 29.8 Å². The summed E-state index contributed by atoms with van der Waals surface area (Å²) < 4.78 is 0. The minimum atomic E-state index is -0.0961. The van der Waals surface area contributed by atoms with Crippen LogP contribution < -0.4 is 5.32 Å². The van der Waals surface area contributed by atoms with E-state index < -0.39 is 0 Å². The zero-order valence-electron chi connectivity index (χ0n) is 12.0. The number of alkyl halides is 1. The summed E-state index contributed by atoms with van der Waals surface area (Å²) in [6, 6.07) is 11.5. The van der Waals surface area contributed by atoms with E-state index in [-0.39, 0.29) is 5.91 Å². The van der Waals surface area contributed by atoms with Crippen LogP contribution in [0.25, 0.3) is 0 Å². The van der Waals surface area contributed by atoms with E-state index in [1.165, 1.54) is 5.56 Å². The number of hydrogen-bond donors (Lipinski definition) is 1. The SMILES string of the molecule is Cc1cc(C)c(NC(=O)c2ccc(CCl)cc2)c(C)c1. The van der Waals surface area contributed by atoms with Crippen molar-refractivity contribution in [3.63, 3.8) is 0 Å². The van der Waals surface area contributed by atoms with Crippen molar-refractivity contribution in [2.75, 3.05) is 5.32 Å². The molecule has 1 amide bonds. The average Bonchev–Trinajstić information content (AvgIpc) is 2.42. The molecule has 0 heterocycles. The maximum atomic E-state index is 12.3. The maximum absolute atomic E-state index is 12.3. The summed E-state index contributed by atoms with van der Waals surface area (Å²) in [5.74, 6) is 0.360. The molecule has 0 atom stereocenters. The summed E-state index contributed by atoms with van der Waals surface area (Å²) in [7, 11) is 0. The van der Waals surface area contributed by atoms with Gasteiger partial charge in [-0.25, -0.2) is 0 Å². The van der Waals surface area contributed by atoms with Gasteiger partial charge in [0.25, 0.3) is 5.91 Å². The number of halogens is 1. The van der Waals surface area contributed by atoms with Crippen LogP contribution in [0.2, 0.25) is 0 Å². The lowest BCUT2D eigenvalue weighted by Crippen LogP contribution is -2.14. The van der Waals surface area contributed by atoms with Crippen molar-refractivity contribution < 1.29 is 4.79 Å². The van der Waals surface area contributed by atoms with Crippen molar-refractivity contribution in [3.05, 3.63) is 64.2 Å². The minimum Gasteiger partial charge on any atom is -0.322 e. The van der Waals surface area contributed by atoms with Gasteiger partial charge in [0.15, 0.2) is 0 Å². The summed E-state index contributed by atoms with van der Waals surface area (Å²) >= 11 is 5.74. The third kappa shape index (κ3) is 3.20. The summed E-state index contributed by atoms with van der Waals surface area (Å²) in [5.41, 5.74) is 5.89. The van der Waals surface area contributed by atoms with Crippen LogP contribution in [0.5, 0.6) is 0 Å². The van der Waals surface area contributed by atoms with Crippen molar-refractivity contribution in [3.8, 4) is 0 Å². The van der Waals surface area contributed by atoms with E-state index in [0.29, 0.717) is 11.4 Å². The van der Waals surface area contributed by atoms with Crippen LogP contribution >= 0.6 is 11.6 Å². The minimum absolute atomic E-state index is 0.0961. The fourth-order valence-electron chi connectivity index (χ4n) is 2.31. The fraction of sp³-hybridized carbons (Fsp3) is 0.235. The van der Waals surface area contributed by atoms with E-state index in [9.17, 15) is 4.79 Å². The molecule has 0 aromatic heterocycles. The van der Waals surface area contributed by atoms with Gasteiger partial charge in [-0.2, -0.15) is 0 Å². The van der Waals surface area contributed by atoms with Crippen LogP contribution in [-0.4, -0.2) is 5.91 Å². The molecule has 0 bridgehead atoms. The lowest BCUT2D eigenvalue weighted by molar-refractivity contribution is 0.102. The molecule has 104 valence electrons. The number of rotatable bonds is 3. The van der Waals surface area contributed by atoms with E-state index in [2.05, 4.69) is 24.4 Å². The molecule has 0 radical (unpaired) electrons. The molecule has 2 aromatic rings. The molecule has 0 saturated heterocycles. The van der Waals surface area contributed by atoms with E-state index in [1.54, 1.807) is 12.1 Å². The van der Waals surface area contributed by atoms with Gasteiger partial charge in [-0.15, -0.1) is 11.6 Å². The lowest BCUT2D eigenvalue weighted by Gasteiger charge is -2.13. The maximum Gasteiger partial charge on any atom is 0.255 e. The second kappa shape index (κ2) is 6.10. The van der Waals surface area contributed by atoms with Crippen LogP contribution in [0.3, 0.4) is 0 Å². The monoisotopic (exact) mass is 287 g/mol. The molecule has 0 saturated carbocycles. The third-order valence-electron chi connectivity index (χ3n) is 3.29. The number of carbonyl (C=O) groups excluding carboxylic acids is 1. The molecule has 0 aliphatic rings. The lowest BCUT2D eigenvalue weighted by atomic mass is 10.0.